The van der Waals surface area contributed by atoms with E-state index in [0.29, 0.717) is 23.9 Å². The molecule has 1 N–H and O–H groups in total. The van der Waals surface area contributed by atoms with E-state index >= 15 is 0 Å². The van der Waals surface area contributed by atoms with Crippen molar-refractivity contribution in [3.8, 4) is 0 Å². The second-order valence-corrected chi connectivity index (χ2v) is 5.42. The van der Waals surface area contributed by atoms with Crippen molar-refractivity contribution in [1.29, 1.82) is 0 Å². The van der Waals surface area contributed by atoms with Gasteiger partial charge in [0.15, 0.2) is 0 Å². The van der Waals surface area contributed by atoms with Crippen molar-refractivity contribution in [2.24, 2.45) is 5.92 Å². The number of nitrogens with one attached hydrogen (secondary N) is 1. The fourth-order valence-electron chi connectivity index (χ4n) is 2.50. The van der Waals surface area contributed by atoms with Crippen molar-refractivity contribution in [2.75, 3.05) is 5.32 Å². The first kappa shape index (κ1) is 12.7. The Labute approximate surface area is 107 Å². The van der Waals surface area contributed by atoms with E-state index < -0.39 is 0 Å². The first-order valence-corrected chi connectivity index (χ1v) is 6.88. The van der Waals surface area contributed by atoms with Crippen LogP contribution < -0.4 is 5.32 Å². The molecule has 0 saturated heterocycles. The molecule has 96 valence electrons. The average molecular weight is 258 g/mol. The predicted octanol–water partition coefficient (Wildman–Crippen LogP) is 3.75. The van der Waals surface area contributed by atoms with Crippen molar-refractivity contribution < 1.29 is 4.42 Å². The van der Waals surface area contributed by atoms with Gasteiger partial charge in [0.25, 0.3) is 0 Å². The second-order valence-electron chi connectivity index (χ2n) is 4.77. The smallest absolute Gasteiger partial charge is 0.315 e. The van der Waals surface area contributed by atoms with Crippen LogP contribution in [-0.4, -0.2) is 16.2 Å². The van der Waals surface area contributed by atoms with Crippen molar-refractivity contribution in [3.63, 3.8) is 0 Å². The summed E-state index contributed by atoms with van der Waals surface area (Å²) in [5.41, 5.74) is 0. The summed E-state index contributed by atoms with van der Waals surface area (Å²) in [5.74, 6) is 1.20. The van der Waals surface area contributed by atoms with Crippen LogP contribution in [0.5, 0.6) is 0 Å². The van der Waals surface area contributed by atoms with Gasteiger partial charge < -0.3 is 9.73 Å². The maximum Gasteiger partial charge on any atom is 0.315 e. The van der Waals surface area contributed by atoms with Gasteiger partial charge in [0, 0.05) is 6.04 Å². The number of hydrogen-bond acceptors (Lipinski definition) is 4. The second kappa shape index (κ2) is 5.71. The van der Waals surface area contributed by atoms with Crippen LogP contribution in [0.3, 0.4) is 0 Å². The lowest BCUT2D eigenvalue weighted by Gasteiger charge is -2.30. The summed E-state index contributed by atoms with van der Waals surface area (Å²) in [6.07, 6.45) is 6.30. The largest absolute Gasteiger partial charge is 0.406 e. The zero-order chi connectivity index (χ0) is 12.3. The lowest BCUT2D eigenvalue weighted by Crippen LogP contribution is -2.31. The number of hydrogen-bond donors (Lipinski definition) is 1. The van der Waals surface area contributed by atoms with Crippen molar-refractivity contribution in [2.45, 2.75) is 57.4 Å². The minimum atomic E-state index is -0.230. The van der Waals surface area contributed by atoms with Crippen LogP contribution in [0.4, 0.5) is 6.01 Å². The molecular weight excluding hydrogens is 238 g/mol. The fraction of sp³-hybridized carbons (Fsp3) is 0.833. The summed E-state index contributed by atoms with van der Waals surface area (Å²) < 4.78 is 5.48. The lowest BCUT2D eigenvalue weighted by atomic mass is 9.83. The molecule has 17 heavy (non-hydrogen) atoms. The molecular formula is C12H20ClN3O. The lowest BCUT2D eigenvalue weighted by molar-refractivity contribution is 0.311. The van der Waals surface area contributed by atoms with Gasteiger partial charge in [-0.15, -0.1) is 16.7 Å². The van der Waals surface area contributed by atoms with Gasteiger partial charge in [-0.2, -0.15) is 0 Å². The number of rotatable bonds is 4. The van der Waals surface area contributed by atoms with E-state index in [0.717, 1.165) is 0 Å². The maximum absolute atomic E-state index is 5.89. The Kier molecular flexibility index (Phi) is 4.26. The molecule has 3 unspecified atom stereocenters. The topological polar surface area (TPSA) is 51.0 Å². The third kappa shape index (κ3) is 3.12. The molecule has 1 aliphatic rings. The first-order valence-electron chi connectivity index (χ1n) is 6.44. The third-order valence-electron chi connectivity index (χ3n) is 3.52. The quantitative estimate of drug-likeness (QED) is 0.835. The van der Waals surface area contributed by atoms with Crippen molar-refractivity contribution in [1.82, 2.24) is 10.2 Å². The molecule has 1 saturated carbocycles. The van der Waals surface area contributed by atoms with Gasteiger partial charge in [0.2, 0.25) is 5.89 Å². The molecule has 0 radical (unpaired) electrons. The van der Waals surface area contributed by atoms with Crippen LogP contribution >= 0.6 is 11.6 Å². The van der Waals surface area contributed by atoms with Gasteiger partial charge in [-0.25, -0.2) is 0 Å². The SMILES string of the molecule is CCC1CCCCC1Nc1nnc(C(C)Cl)o1. The molecule has 3 atom stereocenters. The predicted molar refractivity (Wildman–Crippen MR) is 68.2 cm³/mol. The van der Waals surface area contributed by atoms with Crippen molar-refractivity contribution in [3.05, 3.63) is 5.89 Å². The summed E-state index contributed by atoms with van der Waals surface area (Å²) in [6.45, 7) is 4.07. The molecule has 1 aromatic heterocycles. The highest BCUT2D eigenvalue weighted by Gasteiger charge is 2.25. The van der Waals surface area contributed by atoms with E-state index in [2.05, 4.69) is 22.4 Å². The van der Waals surface area contributed by atoms with E-state index in [-0.39, 0.29) is 5.38 Å². The highest BCUT2D eigenvalue weighted by molar-refractivity contribution is 6.20. The molecule has 1 aliphatic carbocycles. The van der Waals surface area contributed by atoms with Gasteiger partial charge >= 0.3 is 6.01 Å². The van der Waals surface area contributed by atoms with Gasteiger partial charge in [0.05, 0.1) is 0 Å². The van der Waals surface area contributed by atoms with E-state index in [4.69, 9.17) is 16.0 Å². The first-order chi connectivity index (χ1) is 8.20. The van der Waals surface area contributed by atoms with Gasteiger partial charge in [0.1, 0.15) is 5.38 Å². The Morgan fingerprint density at radius 3 is 2.82 bits per heavy atom. The van der Waals surface area contributed by atoms with Crippen molar-refractivity contribution >= 4 is 17.6 Å². The molecule has 0 aliphatic heterocycles. The van der Waals surface area contributed by atoms with E-state index in [1.165, 1.54) is 32.1 Å². The van der Waals surface area contributed by atoms with Crippen LogP contribution in [0.25, 0.3) is 0 Å². The highest BCUT2D eigenvalue weighted by atomic mass is 35.5. The molecule has 2 rings (SSSR count). The number of halogens is 1. The highest BCUT2D eigenvalue weighted by Crippen LogP contribution is 2.29. The number of aromatic nitrogens is 2. The molecule has 1 aromatic rings. The Bertz CT molecular complexity index is 353. The molecule has 0 amide bonds. The minimum absolute atomic E-state index is 0.230. The number of alkyl halides is 1. The Hall–Kier alpha value is -0.770. The summed E-state index contributed by atoms with van der Waals surface area (Å²) in [5, 5.41) is 11.0. The molecule has 0 spiro atoms. The third-order valence-corrected chi connectivity index (χ3v) is 3.71. The minimum Gasteiger partial charge on any atom is -0.406 e. The number of nitrogens with zero attached hydrogens (tertiary/aromatic N) is 2. The molecule has 1 heterocycles. The standard InChI is InChI=1S/C12H20ClN3O/c1-3-9-6-4-5-7-10(9)14-12-16-15-11(17-12)8(2)13/h8-10H,3-7H2,1-2H3,(H,14,16). The molecule has 0 aromatic carbocycles. The molecule has 0 bridgehead atoms. The van der Waals surface area contributed by atoms with Crippen LogP contribution in [0.2, 0.25) is 0 Å². The van der Waals surface area contributed by atoms with Gasteiger partial charge in [-0.1, -0.05) is 31.3 Å². The molecule has 5 heteroatoms. The van der Waals surface area contributed by atoms with E-state index in [9.17, 15) is 0 Å². The normalized spacial score (nSPS) is 26.8. The van der Waals surface area contributed by atoms with Crippen LogP contribution in [0.15, 0.2) is 4.42 Å². The summed E-state index contributed by atoms with van der Waals surface area (Å²) in [7, 11) is 0. The summed E-state index contributed by atoms with van der Waals surface area (Å²) in [4.78, 5) is 0. The fourth-order valence-corrected chi connectivity index (χ4v) is 2.59. The summed E-state index contributed by atoms with van der Waals surface area (Å²) in [6, 6.07) is 0.977. The van der Waals surface area contributed by atoms with Crippen LogP contribution in [0, 0.1) is 5.92 Å². The van der Waals surface area contributed by atoms with Gasteiger partial charge in [-0.05, 0) is 25.7 Å². The average Bonchev–Trinajstić information content (AvgIpc) is 2.78. The maximum atomic E-state index is 5.89. The number of anilines is 1. The molecule has 1 fully saturated rings. The Balaban J connectivity index is 1.98. The molecule has 4 nitrogen and oxygen atoms in total. The van der Waals surface area contributed by atoms with E-state index in [1.54, 1.807) is 0 Å². The monoisotopic (exact) mass is 257 g/mol. The zero-order valence-electron chi connectivity index (χ0n) is 10.4. The Morgan fingerprint density at radius 2 is 2.18 bits per heavy atom. The Morgan fingerprint density at radius 1 is 1.41 bits per heavy atom. The van der Waals surface area contributed by atoms with Gasteiger partial charge in [-0.3, -0.25) is 0 Å². The van der Waals surface area contributed by atoms with Crippen LogP contribution in [0.1, 0.15) is 57.2 Å². The van der Waals surface area contributed by atoms with Crippen LogP contribution in [-0.2, 0) is 0 Å². The summed E-state index contributed by atoms with van der Waals surface area (Å²) >= 11 is 5.89. The zero-order valence-corrected chi connectivity index (χ0v) is 11.2. The van der Waals surface area contributed by atoms with E-state index in [1.807, 2.05) is 6.92 Å².